The molecule has 0 saturated carbocycles. The number of halogens is 3. The highest BCUT2D eigenvalue weighted by atomic mass is 19.4. The van der Waals surface area contributed by atoms with E-state index in [0.29, 0.717) is 22.7 Å². The minimum absolute atomic E-state index is 0.0251. The van der Waals surface area contributed by atoms with Crippen LogP contribution < -0.4 is 15.4 Å². The van der Waals surface area contributed by atoms with Crippen LogP contribution in [-0.4, -0.2) is 11.0 Å². The lowest BCUT2D eigenvalue weighted by Gasteiger charge is -2.15. The van der Waals surface area contributed by atoms with Crippen molar-refractivity contribution in [1.29, 1.82) is 0 Å². The number of rotatable bonds is 5. The van der Waals surface area contributed by atoms with Crippen LogP contribution in [0.2, 0.25) is 0 Å². The van der Waals surface area contributed by atoms with Gasteiger partial charge < -0.3 is 15.4 Å². The molecule has 1 heterocycles. The zero-order valence-electron chi connectivity index (χ0n) is 17.1. The quantitative estimate of drug-likeness (QED) is 0.339. The Bertz CT molecular complexity index is 1230. The molecule has 0 bridgehead atoms. The number of anilines is 2. The molecule has 2 amide bonds. The molecule has 0 unspecified atom stereocenters. The Balaban J connectivity index is 1.45. The highest BCUT2D eigenvalue weighted by molar-refractivity contribution is 6.00. The van der Waals surface area contributed by atoms with Crippen molar-refractivity contribution in [1.82, 2.24) is 4.98 Å². The minimum atomic E-state index is -4.58. The van der Waals surface area contributed by atoms with Crippen LogP contribution in [-0.2, 0) is 6.18 Å². The van der Waals surface area contributed by atoms with Gasteiger partial charge in [-0.3, -0.25) is 4.98 Å². The van der Waals surface area contributed by atoms with E-state index in [9.17, 15) is 18.0 Å². The highest BCUT2D eigenvalue weighted by Crippen LogP contribution is 2.38. The van der Waals surface area contributed by atoms with Gasteiger partial charge >= 0.3 is 12.2 Å². The van der Waals surface area contributed by atoms with Gasteiger partial charge in [0.1, 0.15) is 11.5 Å². The predicted molar refractivity (Wildman–Crippen MR) is 120 cm³/mol. The summed E-state index contributed by atoms with van der Waals surface area (Å²) in [6.07, 6.45) is -1.37. The zero-order valence-corrected chi connectivity index (χ0v) is 17.1. The van der Waals surface area contributed by atoms with Crippen LogP contribution in [0.15, 0.2) is 97.3 Å². The third-order valence-electron chi connectivity index (χ3n) is 4.67. The maximum Gasteiger partial charge on any atom is 0.417 e. The second-order valence-electron chi connectivity index (χ2n) is 7.01. The molecule has 33 heavy (non-hydrogen) atoms. The Kier molecular flexibility index (Phi) is 6.26. The Morgan fingerprint density at radius 1 is 0.758 bits per heavy atom. The molecule has 1 aromatic heterocycles. The first-order valence-electron chi connectivity index (χ1n) is 9.91. The van der Waals surface area contributed by atoms with Gasteiger partial charge in [-0.2, -0.15) is 13.2 Å². The fourth-order valence-corrected chi connectivity index (χ4v) is 3.17. The third-order valence-corrected chi connectivity index (χ3v) is 4.67. The maximum atomic E-state index is 13.6. The normalized spacial score (nSPS) is 11.0. The first-order valence-corrected chi connectivity index (χ1v) is 9.91. The Labute approximate surface area is 187 Å². The molecule has 0 fully saturated rings. The number of alkyl halides is 3. The van der Waals surface area contributed by atoms with Crippen LogP contribution in [0.4, 0.5) is 29.3 Å². The van der Waals surface area contributed by atoms with E-state index in [0.717, 1.165) is 6.07 Å². The van der Waals surface area contributed by atoms with Gasteiger partial charge in [-0.05, 0) is 59.7 Å². The molecule has 4 rings (SSSR count). The number of hydrogen-bond donors (Lipinski definition) is 2. The summed E-state index contributed by atoms with van der Waals surface area (Å²) in [5, 5.41) is 5.04. The monoisotopic (exact) mass is 449 g/mol. The zero-order chi connectivity index (χ0) is 23.3. The fraction of sp³-hybridized carbons (Fsp3) is 0.0400. The summed E-state index contributed by atoms with van der Waals surface area (Å²) in [4.78, 5) is 16.2. The average Bonchev–Trinajstić information content (AvgIpc) is 2.81. The molecule has 3 aromatic carbocycles. The molecule has 8 heteroatoms. The highest BCUT2D eigenvalue weighted by Gasteiger charge is 2.34. The van der Waals surface area contributed by atoms with Gasteiger partial charge in [0.25, 0.3) is 0 Å². The van der Waals surface area contributed by atoms with E-state index in [1.807, 2.05) is 0 Å². The van der Waals surface area contributed by atoms with E-state index < -0.39 is 17.8 Å². The molecule has 0 aliphatic heterocycles. The van der Waals surface area contributed by atoms with E-state index >= 15 is 0 Å². The third kappa shape index (κ3) is 5.68. The predicted octanol–water partition coefficient (Wildman–Crippen LogP) is 7.20. The van der Waals surface area contributed by atoms with Crippen LogP contribution >= 0.6 is 0 Å². The van der Waals surface area contributed by atoms with Gasteiger partial charge in [-0.25, -0.2) is 4.79 Å². The van der Waals surface area contributed by atoms with Gasteiger partial charge in [0.2, 0.25) is 0 Å². The summed E-state index contributed by atoms with van der Waals surface area (Å²) in [6, 6.07) is 21.3. The molecule has 0 radical (unpaired) electrons. The smallest absolute Gasteiger partial charge is 0.417 e. The standard InChI is InChI=1S/C25H18F3N3O2/c26-25(27,28)23-16-19(8-11-22(23)17-4-2-1-3-5-17)31-24(32)30-18-6-9-20(10-7-18)33-21-12-14-29-15-13-21/h1-16H,(H2,30,31,32). The summed E-state index contributed by atoms with van der Waals surface area (Å²) in [7, 11) is 0. The molecule has 4 aromatic rings. The fourth-order valence-electron chi connectivity index (χ4n) is 3.17. The van der Waals surface area contributed by atoms with Gasteiger partial charge in [0, 0.05) is 23.8 Å². The van der Waals surface area contributed by atoms with Gasteiger partial charge in [-0.1, -0.05) is 36.4 Å². The first kappa shape index (κ1) is 21.9. The largest absolute Gasteiger partial charge is 0.457 e. The van der Waals surface area contributed by atoms with Gasteiger partial charge in [-0.15, -0.1) is 0 Å². The van der Waals surface area contributed by atoms with Gasteiger partial charge in [0.05, 0.1) is 5.56 Å². The van der Waals surface area contributed by atoms with Crippen molar-refractivity contribution >= 4 is 17.4 Å². The molecule has 166 valence electrons. The molecule has 5 nitrogen and oxygen atoms in total. The summed E-state index contributed by atoms with van der Waals surface area (Å²) < 4.78 is 46.6. The number of aromatic nitrogens is 1. The van der Waals surface area contributed by atoms with Crippen LogP contribution in [0.5, 0.6) is 11.5 Å². The molecule has 0 aliphatic rings. The number of urea groups is 1. The Morgan fingerprint density at radius 3 is 2.03 bits per heavy atom. The van der Waals surface area contributed by atoms with Crippen molar-refractivity contribution in [3.8, 4) is 22.6 Å². The minimum Gasteiger partial charge on any atom is -0.457 e. The molecule has 2 N–H and O–H groups in total. The second-order valence-corrected chi connectivity index (χ2v) is 7.01. The summed E-state index contributed by atoms with van der Waals surface area (Å²) in [6.45, 7) is 0. The second kappa shape index (κ2) is 9.44. The van der Waals surface area contributed by atoms with E-state index in [1.54, 1.807) is 79.1 Å². The van der Waals surface area contributed by atoms with Crippen molar-refractivity contribution in [3.63, 3.8) is 0 Å². The number of benzene rings is 3. The molecular formula is C25H18F3N3O2. The number of nitrogens with one attached hydrogen (secondary N) is 2. The van der Waals surface area contributed by atoms with Gasteiger partial charge in [0.15, 0.2) is 0 Å². The van der Waals surface area contributed by atoms with Crippen molar-refractivity contribution in [2.45, 2.75) is 6.18 Å². The lowest BCUT2D eigenvalue weighted by Crippen LogP contribution is -2.20. The lowest BCUT2D eigenvalue weighted by molar-refractivity contribution is -0.137. The molecule has 0 spiro atoms. The number of nitrogens with zero attached hydrogens (tertiary/aromatic N) is 1. The van der Waals surface area contributed by atoms with Crippen LogP contribution in [0.1, 0.15) is 5.56 Å². The summed E-state index contributed by atoms with van der Waals surface area (Å²) >= 11 is 0. The number of carbonyl (C=O) groups is 1. The van der Waals surface area contributed by atoms with Crippen LogP contribution in [0.25, 0.3) is 11.1 Å². The van der Waals surface area contributed by atoms with Crippen molar-refractivity contribution < 1.29 is 22.7 Å². The number of pyridine rings is 1. The topological polar surface area (TPSA) is 63.2 Å². The Hall–Kier alpha value is -4.33. The number of carbonyl (C=O) groups excluding carboxylic acids is 1. The number of hydrogen-bond acceptors (Lipinski definition) is 3. The maximum absolute atomic E-state index is 13.6. The van der Waals surface area contributed by atoms with E-state index in [2.05, 4.69) is 15.6 Å². The van der Waals surface area contributed by atoms with E-state index in [1.165, 1.54) is 12.1 Å². The van der Waals surface area contributed by atoms with Crippen molar-refractivity contribution in [3.05, 3.63) is 103 Å². The van der Waals surface area contributed by atoms with Crippen molar-refractivity contribution in [2.24, 2.45) is 0 Å². The summed E-state index contributed by atoms with van der Waals surface area (Å²) in [5.41, 5.74) is 0.126. The van der Waals surface area contributed by atoms with E-state index in [-0.39, 0.29) is 11.3 Å². The molecule has 0 saturated heterocycles. The SMILES string of the molecule is O=C(Nc1ccc(Oc2ccncc2)cc1)Nc1ccc(-c2ccccc2)c(C(F)(F)F)c1. The number of amides is 2. The van der Waals surface area contributed by atoms with Crippen LogP contribution in [0, 0.1) is 0 Å². The van der Waals surface area contributed by atoms with Crippen molar-refractivity contribution in [2.75, 3.05) is 10.6 Å². The van der Waals surface area contributed by atoms with Crippen LogP contribution in [0.3, 0.4) is 0 Å². The average molecular weight is 449 g/mol. The Morgan fingerprint density at radius 2 is 1.36 bits per heavy atom. The molecule has 0 aliphatic carbocycles. The molecule has 0 atom stereocenters. The first-order chi connectivity index (χ1) is 15.9. The lowest BCUT2D eigenvalue weighted by atomic mass is 9.98. The van der Waals surface area contributed by atoms with E-state index in [4.69, 9.17) is 4.74 Å². The molecular weight excluding hydrogens is 431 g/mol. The number of ether oxygens (including phenoxy) is 1. The summed E-state index contributed by atoms with van der Waals surface area (Å²) in [5.74, 6) is 1.17.